The van der Waals surface area contributed by atoms with Crippen LogP contribution in [-0.2, 0) is 0 Å². The van der Waals surface area contributed by atoms with Crippen molar-refractivity contribution in [2.24, 2.45) is 5.92 Å². The van der Waals surface area contributed by atoms with Gasteiger partial charge in [-0.25, -0.2) is 4.68 Å². The number of hydrogen-bond donors (Lipinski definition) is 2. The average molecular weight is 324 g/mol. The second-order valence-corrected chi connectivity index (χ2v) is 5.73. The minimum atomic E-state index is -0.383. The van der Waals surface area contributed by atoms with Crippen molar-refractivity contribution in [2.75, 3.05) is 6.54 Å². The van der Waals surface area contributed by atoms with Crippen LogP contribution < -0.4 is 5.32 Å². The number of rotatable bonds is 6. The van der Waals surface area contributed by atoms with E-state index in [0.29, 0.717) is 29.2 Å². The molecule has 1 amide bonds. The molecule has 0 aliphatic heterocycles. The highest BCUT2D eigenvalue weighted by molar-refractivity contribution is 6.34. The molecule has 0 spiro atoms. The number of benzene rings is 1. The number of aliphatic hydroxyl groups excluding tert-OH is 1. The van der Waals surface area contributed by atoms with Gasteiger partial charge >= 0.3 is 0 Å². The van der Waals surface area contributed by atoms with Crippen molar-refractivity contribution in [3.05, 3.63) is 35.1 Å². The Morgan fingerprint density at radius 2 is 2.23 bits per heavy atom. The minimum Gasteiger partial charge on any atom is -0.393 e. The van der Waals surface area contributed by atoms with Crippen molar-refractivity contribution in [1.82, 2.24) is 25.5 Å². The average Bonchev–Trinajstić information content (AvgIpc) is 2.98. The second kappa shape index (κ2) is 7.33. The van der Waals surface area contributed by atoms with Crippen molar-refractivity contribution in [3.8, 4) is 5.69 Å². The number of carbonyl (C=O) groups excluding carboxylic acids is 1. The summed E-state index contributed by atoms with van der Waals surface area (Å²) in [4.78, 5) is 12.1. The number of aromatic nitrogens is 4. The lowest BCUT2D eigenvalue weighted by atomic mass is 10.0. The van der Waals surface area contributed by atoms with E-state index >= 15 is 0 Å². The molecule has 8 heteroatoms. The Morgan fingerprint density at radius 3 is 2.82 bits per heavy atom. The molecule has 2 rings (SSSR count). The van der Waals surface area contributed by atoms with Crippen LogP contribution in [0.1, 0.15) is 30.6 Å². The van der Waals surface area contributed by atoms with Crippen molar-refractivity contribution in [2.45, 2.75) is 26.4 Å². The molecule has 0 fully saturated rings. The molecule has 118 valence electrons. The quantitative estimate of drug-likeness (QED) is 0.839. The van der Waals surface area contributed by atoms with Crippen molar-refractivity contribution in [1.29, 1.82) is 0 Å². The number of amides is 1. The molecule has 1 aromatic heterocycles. The van der Waals surface area contributed by atoms with Gasteiger partial charge in [0, 0.05) is 6.54 Å². The summed E-state index contributed by atoms with van der Waals surface area (Å²) in [7, 11) is 0. The van der Waals surface area contributed by atoms with Gasteiger partial charge in [0.1, 0.15) is 6.33 Å². The summed E-state index contributed by atoms with van der Waals surface area (Å²) >= 11 is 6.16. The third-order valence-corrected chi connectivity index (χ3v) is 3.48. The molecule has 0 aliphatic rings. The van der Waals surface area contributed by atoms with E-state index in [1.165, 1.54) is 11.0 Å². The molecule has 2 aromatic rings. The summed E-state index contributed by atoms with van der Waals surface area (Å²) in [5.41, 5.74) is 1.07. The Balaban J connectivity index is 2.01. The molecule has 0 bridgehead atoms. The molecule has 1 heterocycles. The lowest BCUT2D eigenvalue weighted by Crippen LogP contribution is -2.29. The van der Waals surface area contributed by atoms with E-state index in [2.05, 4.69) is 20.8 Å². The maximum atomic E-state index is 12.1. The lowest BCUT2D eigenvalue weighted by molar-refractivity contribution is 0.0939. The third kappa shape index (κ3) is 4.25. The molecule has 0 saturated carbocycles. The first-order valence-corrected chi connectivity index (χ1v) is 7.34. The molecule has 2 atom stereocenters. The van der Waals surface area contributed by atoms with Crippen molar-refractivity contribution < 1.29 is 9.90 Å². The maximum absolute atomic E-state index is 12.1. The molecule has 7 nitrogen and oxygen atoms in total. The van der Waals surface area contributed by atoms with Crippen LogP contribution in [0.15, 0.2) is 24.5 Å². The predicted octanol–water partition coefficient (Wildman–Crippen LogP) is 1.45. The number of hydrogen-bond acceptors (Lipinski definition) is 5. The third-order valence-electron chi connectivity index (χ3n) is 3.17. The van der Waals surface area contributed by atoms with Crippen LogP contribution in [0.5, 0.6) is 0 Å². The topological polar surface area (TPSA) is 92.9 Å². The normalized spacial score (nSPS) is 13.6. The summed E-state index contributed by atoms with van der Waals surface area (Å²) < 4.78 is 1.46. The second-order valence-electron chi connectivity index (χ2n) is 5.32. The summed E-state index contributed by atoms with van der Waals surface area (Å²) in [5.74, 6) is -0.0612. The fraction of sp³-hybridized carbons (Fsp3) is 0.429. The maximum Gasteiger partial charge on any atom is 0.252 e. The van der Waals surface area contributed by atoms with E-state index in [0.717, 1.165) is 0 Å². The summed E-state index contributed by atoms with van der Waals surface area (Å²) in [5, 5.41) is 23.3. The summed E-state index contributed by atoms with van der Waals surface area (Å²) in [6.45, 7) is 4.18. The molecule has 0 saturated heterocycles. The highest BCUT2D eigenvalue weighted by Crippen LogP contribution is 2.19. The van der Waals surface area contributed by atoms with Gasteiger partial charge in [-0.05, 0) is 47.9 Å². The molecular formula is C14H18ClN5O2. The Bertz CT molecular complexity index is 630. The van der Waals surface area contributed by atoms with Gasteiger partial charge in [0.2, 0.25) is 0 Å². The number of nitrogens with one attached hydrogen (secondary N) is 1. The zero-order valence-corrected chi connectivity index (χ0v) is 13.2. The van der Waals surface area contributed by atoms with Crippen LogP contribution in [0.25, 0.3) is 5.69 Å². The van der Waals surface area contributed by atoms with Crippen LogP contribution >= 0.6 is 11.6 Å². The molecule has 22 heavy (non-hydrogen) atoms. The first kappa shape index (κ1) is 16.4. The molecule has 2 unspecified atom stereocenters. The molecule has 0 radical (unpaired) electrons. The van der Waals surface area contributed by atoms with Gasteiger partial charge in [-0.2, -0.15) is 0 Å². The van der Waals surface area contributed by atoms with Gasteiger partial charge in [0.05, 0.1) is 22.4 Å². The number of carbonyl (C=O) groups is 1. The number of tetrazole rings is 1. The van der Waals surface area contributed by atoms with E-state index in [1.807, 2.05) is 6.92 Å². The fourth-order valence-electron chi connectivity index (χ4n) is 2.14. The van der Waals surface area contributed by atoms with Crippen LogP contribution in [0.4, 0.5) is 0 Å². The monoisotopic (exact) mass is 323 g/mol. The smallest absolute Gasteiger partial charge is 0.252 e. The van der Waals surface area contributed by atoms with Crippen molar-refractivity contribution >= 4 is 17.5 Å². The first-order chi connectivity index (χ1) is 10.5. The van der Waals surface area contributed by atoms with E-state index in [1.54, 1.807) is 25.1 Å². The van der Waals surface area contributed by atoms with Gasteiger partial charge in [-0.3, -0.25) is 4.79 Å². The van der Waals surface area contributed by atoms with E-state index in [4.69, 9.17) is 11.6 Å². The van der Waals surface area contributed by atoms with Crippen LogP contribution in [-0.4, -0.2) is 43.9 Å². The van der Waals surface area contributed by atoms with E-state index in [9.17, 15) is 9.90 Å². The highest BCUT2D eigenvalue weighted by atomic mass is 35.5. The lowest BCUT2D eigenvalue weighted by Gasteiger charge is -2.14. The van der Waals surface area contributed by atoms with Crippen molar-refractivity contribution in [3.63, 3.8) is 0 Å². The van der Waals surface area contributed by atoms with Crippen LogP contribution in [0, 0.1) is 5.92 Å². The SMILES string of the molecule is CC(O)CC(C)CNC(=O)c1ccc(-n2cnnn2)cc1Cl. The Kier molecular flexibility index (Phi) is 5.46. The molecular weight excluding hydrogens is 306 g/mol. The largest absolute Gasteiger partial charge is 0.393 e. The number of halogens is 1. The fourth-order valence-corrected chi connectivity index (χ4v) is 2.40. The molecule has 2 N–H and O–H groups in total. The zero-order chi connectivity index (χ0) is 16.1. The molecule has 1 aromatic carbocycles. The van der Waals surface area contributed by atoms with Crippen LogP contribution in [0.2, 0.25) is 5.02 Å². The Morgan fingerprint density at radius 1 is 1.45 bits per heavy atom. The van der Waals surface area contributed by atoms with Gasteiger partial charge < -0.3 is 10.4 Å². The minimum absolute atomic E-state index is 0.184. The summed E-state index contributed by atoms with van der Waals surface area (Å²) in [6.07, 6.45) is 1.70. The van der Waals surface area contributed by atoms with E-state index in [-0.39, 0.29) is 17.9 Å². The van der Waals surface area contributed by atoms with Gasteiger partial charge in [0.25, 0.3) is 5.91 Å². The Hall–Kier alpha value is -1.99. The Labute approximate surface area is 133 Å². The standard InChI is InChI=1S/C14H18ClN5O2/c1-9(5-10(2)21)7-16-14(22)12-4-3-11(6-13(12)15)20-8-17-18-19-20/h3-4,6,8-10,21H,5,7H2,1-2H3,(H,16,22). The van der Waals surface area contributed by atoms with E-state index < -0.39 is 0 Å². The predicted molar refractivity (Wildman–Crippen MR) is 82.0 cm³/mol. The first-order valence-electron chi connectivity index (χ1n) is 6.96. The number of nitrogens with zero attached hydrogens (tertiary/aromatic N) is 4. The zero-order valence-electron chi connectivity index (χ0n) is 12.4. The van der Waals surface area contributed by atoms with Gasteiger partial charge in [-0.15, -0.1) is 5.10 Å². The summed E-state index contributed by atoms with van der Waals surface area (Å²) in [6, 6.07) is 4.98. The van der Waals surface area contributed by atoms with Gasteiger partial charge in [-0.1, -0.05) is 18.5 Å². The highest BCUT2D eigenvalue weighted by Gasteiger charge is 2.13. The van der Waals surface area contributed by atoms with Crippen LogP contribution in [0.3, 0.4) is 0 Å². The molecule has 0 aliphatic carbocycles. The van der Waals surface area contributed by atoms with Gasteiger partial charge in [0.15, 0.2) is 0 Å². The number of aliphatic hydroxyl groups is 1.